The summed E-state index contributed by atoms with van der Waals surface area (Å²) in [6.45, 7) is 9.22. The van der Waals surface area contributed by atoms with Gasteiger partial charge in [-0.25, -0.2) is 0 Å². The summed E-state index contributed by atoms with van der Waals surface area (Å²) in [5.74, 6) is 0. The van der Waals surface area contributed by atoms with Crippen LogP contribution in [0.1, 0.15) is 13.3 Å². The molecule has 0 spiro atoms. The number of hydrogen-bond donors (Lipinski definition) is 2. The van der Waals surface area contributed by atoms with Crippen LogP contribution in [0.2, 0.25) is 0 Å². The van der Waals surface area contributed by atoms with Gasteiger partial charge in [0.15, 0.2) is 0 Å². The molecule has 0 aromatic rings. The number of hydroxylamine groups is 2. The zero-order valence-corrected chi connectivity index (χ0v) is 10.5. The highest BCUT2D eigenvalue weighted by Gasteiger charge is 2.09. The van der Waals surface area contributed by atoms with E-state index in [0.29, 0.717) is 6.10 Å². The highest BCUT2D eigenvalue weighted by Crippen LogP contribution is 1.98. The van der Waals surface area contributed by atoms with E-state index in [1.54, 1.807) is 7.11 Å². The van der Waals surface area contributed by atoms with E-state index in [1.165, 1.54) is 0 Å². The number of ether oxygens (including phenoxy) is 1. The molecular formula is C11H25N3O2. The van der Waals surface area contributed by atoms with Gasteiger partial charge in [0.25, 0.3) is 0 Å². The molecule has 2 aliphatic heterocycles. The number of hydrogen-bond acceptors (Lipinski definition) is 5. The molecule has 2 rings (SSSR count). The standard InChI is InChI=1S/C6H13NO.C5H12N2O/c1-2-6-5-7-3-4-8-6;1-8-7-4-2-6-3-5-7/h6-7H,2-5H2,1H3;6H,2-5H2,1H3. The average Bonchev–Trinajstić information content (AvgIpc) is 2.41. The molecule has 96 valence electrons. The summed E-state index contributed by atoms with van der Waals surface area (Å²) in [4.78, 5) is 4.98. The van der Waals surface area contributed by atoms with Crippen LogP contribution < -0.4 is 10.6 Å². The Morgan fingerprint density at radius 2 is 2.00 bits per heavy atom. The highest BCUT2D eigenvalue weighted by atomic mass is 16.7. The largest absolute Gasteiger partial charge is 0.376 e. The van der Waals surface area contributed by atoms with Gasteiger partial charge < -0.3 is 20.2 Å². The third-order valence-corrected chi connectivity index (χ3v) is 2.79. The van der Waals surface area contributed by atoms with Crippen molar-refractivity contribution in [3.05, 3.63) is 0 Å². The zero-order valence-electron chi connectivity index (χ0n) is 10.5. The Balaban J connectivity index is 0.000000160. The minimum Gasteiger partial charge on any atom is -0.376 e. The van der Waals surface area contributed by atoms with Crippen LogP contribution in [0.4, 0.5) is 0 Å². The van der Waals surface area contributed by atoms with Gasteiger partial charge in [0, 0.05) is 39.3 Å². The molecule has 2 fully saturated rings. The van der Waals surface area contributed by atoms with Crippen molar-refractivity contribution in [2.45, 2.75) is 19.4 Å². The summed E-state index contributed by atoms with van der Waals surface area (Å²) >= 11 is 0. The lowest BCUT2D eigenvalue weighted by Gasteiger charge is -2.24. The summed E-state index contributed by atoms with van der Waals surface area (Å²) in [6.07, 6.45) is 1.61. The van der Waals surface area contributed by atoms with Gasteiger partial charge in [-0.1, -0.05) is 6.92 Å². The van der Waals surface area contributed by atoms with E-state index in [4.69, 9.17) is 9.57 Å². The van der Waals surface area contributed by atoms with E-state index in [1.807, 2.05) is 5.06 Å². The lowest BCUT2D eigenvalue weighted by molar-refractivity contribution is -0.136. The van der Waals surface area contributed by atoms with Crippen molar-refractivity contribution in [3.63, 3.8) is 0 Å². The Bertz CT molecular complexity index is 139. The second-order valence-corrected chi connectivity index (χ2v) is 3.97. The highest BCUT2D eigenvalue weighted by molar-refractivity contribution is 4.63. The molecule has 0 saturated carbocycles. The van der Waals surface area contributed by atoms with Crippen molar-refractivity contribution in [1.29, 1.82) is 0 Å². The van der Waals surface area contributed by atoms with Crippen molar-refractivity contribution in [1.82, 2.24) is 15.7 Å². The number of nitrogens with zero attached hydrogens (tertiary/aromatic N) is 1. The lowest BCUT2D eigenvalue weighted by atomic mass is 10.2. The molecule has 5 nitrogen and oxygen atoms in total. The van der Waals surface area contributed by atoms with Crippen LogP contribution in [0, 0.1) is 0 Å². The van der Waals surface area contributed by atoms with Crippen molar-refractivity contribution >= 4 is 0 Å². The molecule has 2 saturated heterocycles. The Morgan fingerprint density at radius 3 is 2.38 bits per heavy atom. The summed E-state index contributed by atoms with van der Waals surface area (Å²) in [6, 6.07) is 0. The van der Waals surface area contributed by atoms with Crippen molar-refractivity contribution in [2.75, 3.05) is 53.0 Å². The molecule has 2 N–H and O–H groups in total. The topological polar surface area (TPSA) is 45.8 Å². The number of nitrogens with one attached hydrogen (secondary N) is 2. The van der Waals surface area contributed by atoms with Gasteiger partial charge in [-0.05, 0) is 6.42 Å². The molecular weight excluding hydrogens is 206 g/mol. The van der Waals surface area contributed by atoms with Crippen molar-refractivity contribution in [3.8, 4) is 0 Å². The second-order valence-electron chi connectivity index (χ2n) is 3.97. The van der Waals surface area contributed by atoms with Crippen LogP contribution in [-0.4, -0.2) is 64.2 Å². The first kappa shape index (κ1) is 13.9. The van der Waals surface area contributed by atoms with Crippen LogP contribution in [0.3, 0.4) is 0 Å². The molecule has 5 heteroatoms. The fourth-order valence-electron chi connectivity index (χ4n) is 1.71. The maximum Gasteiger partial charge on any atom is 0.0697 e. The van der Waals surface area contributed by atoms with Crippen LogP contribution in [0.15, 0.2) is 0 Å². The van der Waals surface area contributed by atoms with Gasteiger partial charge in [-0.3, -0.25) is 0 Å². The minimum absolute atomic E-state index is 0.476. The third kappa shape index (κ3) is 5.77. The Morgan fingerprint density at radius 1 is 1.25 bits per heavy atom. The molecule has 0 bridgehead atoms. The summed E-state index contributed by atoms with van der Waals surface area (Å²) in [5.41, 5.74) is 0. The van der Waals surface area contributed by atoms with Crippen LogP contribution in [0.5, 0.6) is 0 Å². The van der Waals surface area contributed by atoms with Gasteiger partial charge >= 0.3 is 0 Å². The van der Waals surface area contributed by atoms with Crippen molar-refractivity contribution < 1.29 is 9.57 Å². The van der Waals surface area contributed by atoms with E-state index >= 15 is 0 Å². The Hall–Kier alpha value is -0.200. The van der Waals surface area contributed by atoms with Gasteiger partial charge in [-0.2, -0.15) is 5.06 Å². The quantitative estimate of drug-likeness (QED) is 0.691. The van der Waals surface area contributed by atoms with Crippen molar-refractivity contribution in [2.24, 2.45) is 0 Å². The number of morpholine rings is 1. The van der Waals surface area contributed by atoms with Gasteiger partial charge in [-0.15, -0.1) is 0 Å². The monoisotopic (exact) mass is 231 g/mol. The fraction of sp³-hybridized carbons (Fsp3) is 1.00. The molecule has 1 atom stereocenters. The first-order chi connectivity index (χ1) is 7.86. The first-order valence-corrected chi connectivity index (χ1v) is 6.19. The molecule has 0 aromatic carbocycles. The van der Waals surface area contributed by atoms with Crippen LogP contribution in [0.25, 0.3) is 0 Å². The second kappa shape index (κ2) is 8.90. The van der Waals surface area contributed by atoms with E-state index in [-0.39, 0.29) is 0 Å². The Kier molecular flexibility index (Phi) is 7.71. The minimum atomic E-state index is 0.476. The summed E-state index contributed by atoms with van der Waals surface area (Å²) in [7, 11) is 1.71. The fourth-order valence-corrected chi connectivity index (χ4v) is 1.71. The zero-order chi connectivity index (χ0) is 11.6. The van der Waals surface area contributed by atoms with Gasteiger partial charge in [0.1, 0.15) is 0 Å². The first-order valence-electron chi connectivity index (χ1n) is 6.19. The maximum absolute atomic E-state index is 5.36. The predicted octanol–water partition coefficient (Wildman–Crippen LogP) is -0.162. The van der Waals surface area contributed by atoms with E-state index in [0.717, 1.165) is 52.3 Å². The van der Waals surface area contributed by atoms with E-state index < -0.39 is 0 Å². The maximum atomic E-state index is 5.36. The molecule has 0 aliphatic carbocycles. The molecule has 1 unspecified atom stereocenters. The summed E-state index contributed by atoms with van der Waals surface area (Å²) in [5, 5.41) is 8.44. The van der Waals surface area contributed by atoms with Gasteiger partial charge in [0.05, 0.1) is 19.8 Å². The van der Waals surface area contributed by atoms with Gasteiger partial charge in [0.2, 0.25) is 0 Å². The summed E-state index contributed by atoms with van der Waals surface area (Å²) < 4.78 is 5.36. The molecule has 0 amide bonds. The normalized spacial score (nSPS) is 27.0. The smallest absolute Gasteiger partial charge is 0.0697 e. The van der Waals surface area contributed by atoms with Crippen LogP contribution in [-0.2, 0) is 9.57 Å². The number of piperazine rings is 1. The molecule has 2 heterocycles. The lowest BCUT2D eigenvalue weighted by Crippen LogP contribution is -2.42. The Labute approximate surface area is 98.4 Å². The predicted molar refractivity (Wildman–Crippen MR) is 64.4 cm³/mol. The SMILES string of the molecule is CCC1CNCCO1.CON1CCNCC1. The van der Waals surface area contributed by atoms with E-state index in [9.17, 15) is 0 Å². The molecule has 16 heavy (non-hydrogen) atoms. The molecule has 0 radical (unpaired) electrons. The molecule has 0 aromatic heterocycles. The van der Waals surface area contributed by atoms with E-state index in [2.05, 4.69) is 17.6 Å². The average molecular weight is 231 g/mol. The third-order valence-electron chi connectivity index (χ3n) is 2.79. The molecule has 2 aliphatic rings. The number of rotatable bonds is 2. The van der Waals surface area contributed by atoms with Crippen LogP contribution >= 0.6 is 0 Å².